The van der Waals surface area contributed by atoms with Gasteiger partial charge in [-0.15, -0.1) is 0 Å². The number of nitrogens with two attached hydrogens (primary N) is 2. The average Bonchev–Trinajstić information content (AvgIpc) is 2.36. The van der Waals surface area contributed by atoms with E-state index in [0.29, 0.717) is 6.42 Å². The largest absolute Gasteiger partial charge is 0.399 e. The van der Waals surface area contributed by atoms with Gasteiger partial charge in [0.15, 0.2) is 0 Å². The maximum atomic E-state index is 6.36. The summed E-state index contributed by atoms with van der Waals surface area (Å²) in [7, 11) is 3.99. The summed E-state index contributed by atoms with van der Waals surface area (Å²) in [6.45, 7) is 0. The summed E-state index contributed by atoms with van der Waals surface area (Å²) in [6, 6.07) is 6.07. The molecule has 4 N–H and O–H groups in total. The van der Waals surface area contributed by atoms with Crippen molar-refractivity contribution in [3.63, 3.8) is 0 Å². The predicted octanol–water partition coefficient (Wildman–Crippen LogP) is 2.45. The first-order chi connectivity index (χ1) is 8.89. The molecule has 1 aliphatic rings. The summed E-state index contributed by atoms with van der Waals surface area (Å²) in [6.07, 6.45) is 7.24. The molecule has 102 valence electrons. The van der Waals surface area contributed by atoms with Gasteiger partial charge in [-0.05, 0) is 36.6 Å². The minimum Gasteiger partial charge on any atom is -0.399 e. The molecule has 1 unspecified atom stereocenters. The smallest absolute Gasteiger partial charge is 0.0459 e. The van der Waals surface area contributed by atoms with E-state index in [2.05, 4.69) is 6.07 Å². The van der Waals surface area contributed by atoms with E-state index in [-0.39, 0.29) is 0 Å². The van der Waals surface area contributed by atoms with Gasteiger partial charge >= 0.3 is 0 Å². The zero-order valence-electron chi connectivity index (χ0n) is 11.4. The maximum Gasteiger partial charge on any atom is 0.0459 e. The summed E-state index contributed by atoms with van der Waals surface area (Å²) >= 11 is 6.34. The lowest BCUT2D eigenvalue weighted by Gasteiger charge is -2.28. The molecule has 1 aliphatic carbocycles. The lowest BCUT2D eigenvalue weighted by atomic mass is 9.85. The Morgan fingerprint density at radius 2 is 2.11 bits per heavy atom. The summed E-state index contributed by atoms with van der Waals surface area (Å²) in [5.41, 5.74) is 14.6. The van der Waals surface area contributed by atoms with E-state index in [9.17, 15) is 0 Å². The zero-order valence-corrected chi connectivity index (χ0v) is 12.1. The maximum absolute atomic E-state index is 6.36. The fourth-order valence-electron chi connectivity index (χ4n) is 2.15. The molecule has 0 bridgehead atoms. The standard InChI is InChI=1S/C15H20ClN3/c1-19(2)13-4-3-11(14(16)9-13)10-15(18)7-5-12(17)6-8-15/h3-7,9H,8,10,17-18H2,1-2H3. The first-order valence-electron chi connectivity index (χ1n) is 6.29. The quantitative estimate of drug-likeness (QED) is 0.892. The van der Waals surface area contributed by atoms with Gasteiger partial charge in [0.2, 0.25) is 0 Å². The molecule has 4 heteroatoms. The summed E-state index contributed by atoms with van der Waals surface area (Å²) < 4.78 is 0. The Morgan fingerprint density at radius 1 is 1.37 bits per heavy atom. The first kappa shape index (κ1) is 14.0. The summed E-state index contributed by atoms with van der Waals surface area (Å²) in [5.74, 6) is 0. The van der Waals surface area contributed by atoms with Gasteiger partial charge in [0.05, 0.1) is 0 Å². The third kappa shape index (κ3) is 3.31. The monoisotopic (exact) mass is 277 g/mol. The van der Waals surface area contributed by atoms with Crippen LogP contribution in [0.2, 0.25) is 5.02 Å². The third-order valence-electron chi connectivity index (χ3n) is 3.40. The molecule has 0 aromatic heterocycles. The Labute approximate surface area is 119 Å². The van der Waals surface area contributed by atoms with Crippen LogP contribution in [-0.4, -0.2) is 19.6 Å². The highest BCUT2D eigenvalue weighted by atomic mass is 35.5. The first-order valence-corrected chi connectivity index (χ1v) is 6.67. The number of hydrogen-bond donors (Lipinski definition) is 2. The van der Waals surface area contributed by atoms with Crippen molar-refractivity contribution in [3.05, 3.63) is 52.7 Å². The van der Waals surface area contributed by atoms with Crippen molar-refractivity contribution in [2.45, 2.75) is 18.4 Å². The van der Waals surface area contributed by atoms with Crippen molar-refractivity contribution in [1.29, 1.82) is 0 Å². The average molecular weight is 278 g/mol. The second kappa shape index (κ2) is 5.27. The van der Waals surface area contributed by atoms with Crippen molar-refractivity contribution < 1.29 is 0 Å². The summed E-state index contributed by atoms with van der Waals surface area (Å²) in [5, 5.41) is 0.756. The van der Waals surface area contributed by atoms with Crippen LogP contribution < -0.4 is 16.4 Å². The Kier molecular flexibility index (Phi) is 3.88. The molecule has 0 heterocycles. The van der Waals surface area contributed by atoms with Crippen LogP contribution >= 0.6 is 11.6 Å². The SMILES string of the molecule is CN(C)c1ccc(CC2(N)C=CC(N)=CC2)c(Cl)c1. The molecule has 0 amide bonds. The normalized spacial score (nSPS) is 22.2. The number of hydrogen-bond acceptors (Lipinski definition) is 3. The van der Waals surface area contributed by atoms with Gasteiger partial charge in [-0.25, -0.2) is 0 Å². The lowest BCUT2D eigenvalue weighted by Crippen LogP contribution is -2.41. The van der Waals surface area contributed by atoms with E-state index in [1.165, 1.54) is 0 Å². The van der Waals surface area contributed by atoms with Crippen LogP contribution in [0.4, 0.5) is 5.69 Å². The van der Waals surface area contributed by atoms with E-state index >= 15 is 0 Å². The lowest BCUT2D eigenvalue weighted by molar-refractivity contribution is 0.525. The Hall–Kier alpha value is -1.45. The fraction of sp³-hybridized carbons (Fsp3) is 0.333. The Bertz CT molecular complexity index is 534. The van der Waals surface area contributed by atoms with Crippen LogP contribution in [0.1, 0.15) is 12.0 Å². The highest BCUT2D eigenvalue weighted by molar-refractivity contribution is 6.31. The van der Waals surface area contributed by atoms with Gasteiger partial charge in [0.25, 0.3) is 0 Å². The molecule has 3 nitrogen and oxygen atoms in total. The number of halogens is 1. The van der Waals surface area contributed by atoms with E-state index < -0.39 is 5.54 Å². The molecule has 0 fully saturated rings. The Morgan fingerprint density at radius 3 is 2.63 bits per heavy atom. The Balaban J connectivity index is 2.18. The van der Waals surface area contributed by atoms with Crippen LogP contribution in [0.3, 0.4) is 0 Å². The van der Waals surface area contributed by atoms with E-state index in [1.807, 2.05) is 49.4 Å². The van der Waals surface area contributed by atoms with Crippen molar-refractivity contribution in [3.8, 4) is 0 Å². The molecule has 0 aliphatic heterocycles. The minimum absolute atomic E-state index is 0.397. The predicted molar refractivity (Wildman–Crippen MR) is 82.4 cm³/mol. The molecule has 0 saturated carbocycles. The van der Waals surface area contributed by atoms with Crippen LogP contribution in [0, 0.1) is 0 Å². The number of rotatable bonds is 3. The van der Waals surface area contributed by atoms with Crippen molar-refractivity contribution in [1.82, 2.24) is 0 Å². The summed E-state index contributed by atoms with van der Waals surface area (Å²) in [4.78, 5) is 2.03. The zero-order chi connectivity index (χ0) is 14.0. The van der Waals surface area contributed by atoms with Crippen LogP contribution in [-0.2, 0) is 6.42 Å². The van der Waals surface area contributed by atoms with Gasteiger partial charge < -0.3 is 16.4 Å². The molecule has 0 spiro atoms. The molecule has 0 radical (unpaired) electrons. The minimum atomic E-state index is -0.397. The van der Waals surface area contributed by atoms with Crippen molar-refractivity contribution in [2.75, 3.05) is 19.0 Å². The van der Waals surface area contributed by atoms with Gasteiger partial charge in [-0.1, -0.05) is 29.8 Å². The van der Waals surface area contributed by atoms with Crippen molar-refractivity contribution in [2.24, 2.45) is 11.5 Å². The highest BCUT2D eigenvalue weighted by Crippen LogP contribution is 2.28. The second-order valence-corrected chi connectivity index (χ2v) is 5.73. The number of nitrogens with zero attached hydrogens (tertiary/aromatic N) is 1. The topological polar surface area (TPSA) is 55.3 Å². The molecule has 2 rings (SSSR count). The van der Waals surface area contributed by atoms with Gasteiger partial charge in [-0.2, -0.15) is 0 Å². The number of anilines is 1. The molecular formula is C15H20ClN3. The number of benzene rings is 1. The van der Waals surface area contributed by atoms with Gasteiger partial charge in [-0.3, -0.25) is 0 Å². The molecular weight excluding hydrogens is 258 g/mol. The van der Waals surface area contributed by atoms with Crippen LogP contribution in [0.25, 0.3) is 0 Å². The molecule has 0 saturated heterocycles. The van der Waals surface area contributed by atoms with Crippen molar-refractivity contribution >= 4 is 17.3 Å². The second-order valence-electron chi connectivity index (χ2n) is 5.32. The fourth-order valence-corrected chi connectivity index (χ4v) is 2.39. The third-order valence-corrected chi connectivity index (χ3v) is 3.75. The number of allylic oxidation sites excluding steroid dienone is 1. The van der Waals surface area contributed by atoms with E-state index in [1.54, 1.807) is 0 Å². The molecule has 1 atom stereocenters. The van der Waals surface area contributed by atoms with E-state index in [0.717, 1.165) is 28.4 Å². The molecule has 1 aromatic carbocycles. The van der Waals surface area contributed by atoms with E-state index in [4.69, 9.17) is 23.1 Å². The highest BCUT2D eigenvalue weighted by Gasteiger charge is 2.24. The van der Waals surface area contributed by atoms with Gasteiger partial charge in [0.1, 0.15) is 0 Å². The molecule has 1 aromatic rings. The van der Waals surface area contributed by atoms with Crippen LogP contribution in [0.15, 0.2) is 42.1 Å². The van der Waals surface area contributed by atoms with Gasteiger partial charge in [0, 0.05) is 36.0 Å². The molecule has 19 heavy (non-hydrogen) atoms. The van der Waals surface area contributed by atoms with Crippen LogP contribution in [0.5, 0.6) is 0 Å².